The van der Waals surface area contributed by atoms with E-state index in [2.05, 4.69) is 19.2 Å². The van der Waals surface area contributed by atoms with Gasteiger partial charge in [-0.25, -0.2) is 4.79 Å². The lowest BCUT2D eigenvalue weighted by Gasteiger charge is -2.55. The van der Waals surface area contributed by atoms with Crippen LogP contribution in [0, 0.1) is 23.2 Å². The molecule has 4 bridgehead atoms. The SMILES string of the molecule is CC1(C)Cc2ccc(C(=O)O)cc2/C(=C/C(=O)C23CC4CC(CC(C4)C2)C3)N1. The Labute approximate surface area is 166 Å². The van der Waals surface area contributed by atoms with Crippen molar-refractivity contribution in [2.45, 2.75) is 64.3 Å². The number of fused-ring (bicyclic) bond motifs is 1. The fraction of sp³-hybridized carbons (Fsp3) is 0.583. The smallest absolute Gasteiger partial charge is 0.335 e. The van der Waals surface area contributed by atoms with Crippen molar-refractivity contribution in [1.82, 2.24) is 5.32 Å². The number of hydrogen-bond donors (Lipinski definition) is 2. The molecule has 0 atom stereocenters. The van der Waals surface area contributed by atoms with Crippen LogP contribution in [0.1, 0.15) is 73.9 Å². The second-order valence-corrected chi connectivity index (χ2v) is 10.5. The summed E-state index contributed by atoms with van der Waals surface area (Å²) in [5, 5.41) is 12.9. The normalized spacial score (nSPS) is 36.1. The Morgan fingerprint density at radius 1 is 1.07 bits per heavy atom. The monoisotopic (exact) mass is 379 g/mol. The lowest BCUT2D eigenvalue weighted by molar-refractivity contribution is -0.138. The zero-order chi connectivity index (χ0) is 19.7. The van der Waals surface area contributed by atoms with Gasteiger partial charge in [0.1, 0.15) is 0 Å². The van der Waals surface area contributed by atoms with Crippen molar-refractivity contribution < 1.29 is 14.7 Å². The van der Waals surface area contributed by atoms with E-state index in [4.69, 9.17) is 0 Å². The number of carbonyl (C=O) groups excluding carboxylic acids is 1. The van der Waals surface area contributed by atoms with Crippen molar-refractivity contribution in [2.75, 3.05) is 0 Å². The van der Waals surface area contributed by atoms with E-state index in [1.54, 1.807) is 12.1 Å². The number of nitrogens with one attached hydrogen (secondary N) is 1. The summed E-state index contributed by atoms with van der Waals surface area (Å²) < 4.78 is 0. The van der Waals surface area contributed by atoms with Crippen LogP contribution in [0.2, 0.25) is 0 Å². The third-order valence-corrected chi connectivity index (χ3v) is 7.59. The van der Waals surface area contributed by atoms with E-state index < -0.39 is 5.97 Å². The number of carboxylic acid groups (broad SMARTS) is 1. The lowest BCUT2D eigenvalue weighted by Crippen LogP contribution is -2.50. The third kappa shape index (κ3) is 2.89. The molecule has 2 N–H and O–H groups in total. The second kappa shape index (κ2) is 5.95. The molecule has 148 valence electrons. The molecule has 4 nitrogen and oxygen atoms in total. The average Bonchev–Trinajstić information content (AvgIpc) is 2.59. The molecule has 28 heavy (non-hydrogen) atoms. The molecule has 5 aliphatic rings. The van der Waals surface area contributed by atoms with Gasteiger partial charge in [-0.3, -0.25) is 4.79 Å². The first-order valence-electron chi connectivity index (χ1n) is 10.6. The van der Waals surface area contributed by atoms with E-state index >= 15 is 0 Å². The molecular weight excluding hydrogens is 350 g/mol. The van der Waals surface area contributed by atoms with E-state index in [-0.39, 0.29) is 22.3 Å². The van der Waals surface area contributed by atoms with Crippen molar-refractivity contribution >= 4 is 17.4 Å². The Morgan fingerprint density at radius 3 is 2.25 bits per heavy atom. The Hall–Kier alpha value is -2.10. The van der Waals surface area contributed by atoms with Crippen molar-refractivity contribution in [3.05, 3.63) is 41.0 Å². The van der Waals surface area contributed by atoms with Crippen molar-refractivity contribution in [3.8, 4) is 0 Å². The van der Waals surface area contributed by atoms with Gasteiger partial charge in [-0.15, -0.1) is 0 Å². The summed E-state index contributed by atoms with van der Waals surface area (Å²) >= 11 is 0. The van der Waals surface area contributed by atoms with Crippen LogP contribution in [0.15, 0.2) is 24.3 Å². The van der Waals surface area contributed by atoms with Crippen LogP contribution in [0.5, 0.6) is 0 Å². The van der Waals surface area contributed by atoms with Crippen molar-refractivity contribution in [1.29, 1.82) is 0 Å². The molecule has 1 aromatic carbocycles. The zero-order valence-electron chi connectivity index (χ0n) is 16.8. The maximum atomic E-state index is 13.6. The van der Waals surface area contributed by atoms with E-state index in [1.165, 1.54) is 19.3 Å². The van der Waals surface area contributed by atoms with Gasteiger partial charge in [0.2, 0.25) is 0 Å². The number of allylic oxidation sites excluding steroid dienone is 1. The van der Waals surface area contributed by atoms with Crippen LogP contribution in [-0.4, -0.2) is 22.4 Å². The van der Waals surface area contributed by atoms with E-state index in [9.17, 15) is 14.7 Å². The number of carboxylic acids is 1. The predicted octanol–water partition coefficient (Wildman–Crippen LogP) is 4.44. The first-order valence-corrected chi connectivity index (χ1v) is 10.6. The van der Waals surface area contributed by atoms with Crippen LogP contribution in [-0.2, 0) is 11.2 Å². The maximum Gasteiger partial charge on any atom is 0.335 e. The number of ketones is 1. The Morgan fingerprint density at radius 2 is 1.68 bits per heavy atom. The standard InChI is InChI=1S/C24H29NO3/c1-23(2)13-18-4-3-17(22(27)28)8-19(18)20(25-23)9-21(26)24-10-14-5-15(11-24)7-16(6-14)12-24/h3-4,8-9,14-16,25H,5-7,10-13H2,1-2H3,(H,27,28)/b20-9-. The molecule has 0 spiro atoms. The summed E-state index contributed by atoms with van der Waals surface area (Å²) in [5.41, 5.74) is 2.72. The molecule has 1 aliphatic heterocycles. The minimum absolute atomic E-state index is 0.161. The van der Waals surface area contributed by atoms with Gasteiger partial charge < -0.3 is 10.4 Å². The summed E-state index contributed by atoms with van der Waals surface area (Å²) in [6, 6.07) is 5.30. The highest BCUT2D eigenvalue weighted by Crippen LogP contribution is 2.60. The molecule has 4 heteroatoms. The second-order valence-electron chi connectivity index (χ2n) is 10.5. The fourth-order valence-corrected chi connectivity index (χ4v) is 6.88. The predicted molar refractivity (Wildman–Crippen MR) is 108 cm³/mol. The summed E-state index contributed by atoms with van der Waals surface area (Å²) in [6.07, 6.45) is 9.73. The average molecular weight is 380 g/mol. The molecule has 1 heterocycles. The van der Waals surface area contributed by atoms with Gasteiger partial charge in [-0.2, -0.15) is 0 Å². The maximum absolute atomic E-state index is 13.6. The van der Waals surface area contributed by atoms with Crippen LogP contribution in [0.4, 0.5) is 0 Å². The third-order valence-electron chi connectivity index (χ3n) is 7.59. The van der Waals surface area contributed by atoms with Gasteiger partial charge in [-0.1, -0.05) is 6.07 Å². The lowest BCUT2D eigenvalue weighted by atomic mass is 9.48. The molecule has 0 aromatic heterocycles. The topological polar surface area (TPSA) is 66.4 Å². The highest BCUT2D eigenvalue weighted by Gasteiger charge is 2.54. The molecule has 6 rings (SSSR count). The fourth-order valence-electron chi connectivity index (χ4n) is 6.88. The van der Waals surface area contributed by atoms with Gasteiger partial charge in [0.25, 0.3) is 0 Å². The van der Waals surface area contributed by atoms with E-state index in [0.29, 0.717) is 0 Å². The summed E-state index contributed by atoms with van der Waals surface area (Å²) in [6.45, 7) is 4.26. The summed E-state index contributed by atoms with van der Waals surface area (Å²) in [4.78, 5) is 25.0. The van der Waals surface area contributed by atoms with Gasteiger partial charge in [0, 0.05) is 28.3 Å². The summed E-state index contributed by atoms with van der Waals surface area (Å²) in [7, 11) is 0. The minimum Gasteiger partial charge on any atom is -0.478 e. The molecule has 0 saturated heterocycles. The Bertz CT molecular complexity index is 860. The van der Waals surface area contributed by atoms with Crippen LogP contribution in [0.3, 0.4) is 0 Å². The largest absolute Gasteiger partial charge is 0.478 e. The number of carbonyl (C=O) groups is 2. The zero-order valence-corrected chi connectivity index (χ0v) is 16.8. The van der Waals surface area contributed by atoms with Crippen LogP contribution < -0.4 is 5.32 Å². The van der Waals surface area contributed by atoms with E-state index in [0.717, 1.165) is 60.3 Å². The van der Waals surface area contributed by atoms with Crippen molar-refractivity contribution in [3.63, 3.8) is 0 Å². The van der Waals surface area contributed by atoms with Crippen molar-refractivity contribution in [2.24, 2.45) is 23.2 Å². The summed E-state index contributed by atoms with van der Waals surface area (Å²) in [5.74, 6) is 1.53. The Kier molecular flexibility index (Phi) is 3.82. The Balaban J connectivity index is 1.53. The number of benzene rings is 1. The molecule has 4 fully saturated rings. The molecule has 0 amide bonds. The molecule has 1 aromatic rings. The first-order chi connectivity index (χ1) is 13.2. The molecule has 4 aliphatic carbocycles. The first kappa shape index (κ1) is 18.0. The van der Waals surface area contributed by atoms with Crippen LogP contribution >= 0.6 is 0 Å². The molecule has 4 saturated carbocycles. The van der Waals surface area contributed by atoms with Gasteiger partial charge in [0.05, 0.1) is 5.56 Å². The highest BCUT2D eigenvalue weighted by molar-refractivity contribution is 6.01. The van der Waals surface area contributed by atoms with Gasteiger partial charge in [-0.05, 0) is 94.2 Å². The molecule has 0 unspecified atom stereocenters. The van der Waals surface area contributed by atoms with Gasteiger partial charge in [0.15, 0.2) is 5.78 Å². The highest BCUT2D eigenvalue weighted by atomic mass is 16.4. The quantitative estimate of drug-likeness (QED) is 0.762. The number of rotatable bonds is 3. The van der Waals surface area contributed by atoms with E-state index in [1.807, 2.05) is 12.1 Å². The minimum atomic E-state index is -0.931. The van der Waals surface area contributed by atoms with Gasteiger partial charge >= 0.3 is 5.97 Å². The number of hydrogen-bond acceptors (Lipinski definition) is 3. The van der Waals surface area contributed by atoms with Crippen LogP contribution in [0.25, 0.3) is 5.70 Å². The number of aromatic carboxylic acids is 1. The molecular formula is C24H29NO3. The molecule has 0 radical (unpaired) electrons.